The predicted octanol–water partition coefficient (Wildman–Crippen LogP) is 1.34. The molecule has 2 heterocycles. The zero-order chi connectivity index (χ0) is 12.3. The molecule has 0 spiro atoms. The SMILES string of the molecule is Cc1nnc(SCc2ccc(C(=O)NN)o2)s1. The number of nitrogen functional groups attached to an aromatic ring is 1. The number of hydrogen-bond donors (Lipinski definition) is 2. The summed E-state index contributed by atoms with van der Waals surface area (Å²) < 4.78 is 6.19. The van der Waals surface area contributed by atoms with Gasteiger partial charge in [-0.05, 0) is 19.1 Å². The molecule has 90 valence electrons. The fraction of sp³-hybridized carbons (Fsp3) is 0.222. The van der Waals surface area contributed by atoms with Crippen LogP contribution in [-0.2, 0) is 5.75 Å². The minimum absolute atomic E-state index is 0.205. The lowest BCUT2D eigenvalue weighted by atomic mass is 10.4. The average molecular weight is 270 g/mol. The van der Waals surface area contributed by atoms with Gasteiger partial charge in [0.1, 0.15) is 10.8 Å². The second kappa shape index (κ2) is 5.30. The van der Waals surface area contributed by atoms with Crippen molar-refractivity contribution in [2.75, 3.05) is 0 Å². The molecule has 6 nitrogen and oxygen atoms in total. The quantitative estimate of drug-likeness (QED) is 0.377. The van der Waals surface area contributed by atoms with Gasteiger partial charge < -0.3 is 4.42 Å². The topological polar surface area (TPSA) is 94.0 Å². The summed E-state index contributed by atoms with van der Waals surface area (Å²) in [6.07, 6.45) is 0. The normalized spacial score (nSPS) is 10.5. The largest absolute Gasteiger partial charge is 0.455 e. The first-order chi connectivity index (χ1) is 8.19. The van der Waals surface area contributed by atoms with E-state index in [1.54, 1.807) is 12.1 Å². The third kappa shape index (κ3) is 3.05. The summed E-state index contributed by atoms with van der Waals surface area (Å²) in [7, 11) is 0. The molecule has 2 rings (SSSR count). The minimum atomic E-state index is -0.437. The molecular weight excluding hydrogens is 260 g/mol. The summed E-state index contributed by atoms with van der Waals surface area (Å²) in [4.78, 5) is 11.1. The third-order valence-corrected chi connectivity index (χ3v) is 3.86. The number of thioether (sulfide) groups is 1. The molecule has 0 atom stereocenters. The molecule has 0 saturated carbocycles. The van der Waals surface area contributed by atoms with Crippen molar-refractivity contribution in [2.24, 2.45) is 5.84 Å². The van der Waals surface area contributed by atoms with Crippen molar-refractivity contribution in [1.29, 1.82) is 0 Å². The summed E-state index contributed by atoms with van der Waals surface area (Å²) in [6, 6.07) is 3.33. The first-order valence-electron chi connectivity index (χ1n) is 4.71. The van der Waals surface area contributed by atoms with E-state index >= 15 is 0 Å². The number of nitrogens with two attached hydrogens (primary N) is 1. The highest BCUT2D eigenvalue weighted by atomic mass is 32.2. The second-order valence-corrected chi connectivity index (χ2v) is 5.52. The number of carbonyl (C=O) groups excluding carboxylic acids is 1. The molecular formula is C9H10N4O2S2. The molecule has 8 heteroatoms. The number of aryl methyl sites for hydroxylation is 1. The van der Waals surface area contributed by atoms with Gasteiger partial charge in [0, 0.05) is 0 Å². The Kier molecular flexibility index (Phi) is 3.77. The van der Waals surface area contributed by atoms with Gasteiger partial charge in [-0.2, -0.15) is 0 Å². The number of aromatic nitrogens is 2. The lowest BCUT2D eigenvalue weighted by molar-refractivity contribution is 0.0924. The maximum absolute atomic E-state index is 11.1. The number of hydrogen-bond acceptors (Lipinski definition) is 7. The Hall–Kier alpha value is -1.38. The van der Waals surface area contributed by atoms with E-state index in [2.05, 4.69) is 10.2 Å². The van der Waals surface area contributed by atoms with Gasteiger partial charge in [-0.3, -0.25) is 10.2 Å². The molecule has 0 bridgehead atoms. The molecule has 1 amide bonds. The van der Waals surface area contributed by atoms with Crippen molar-refractivity contribution in [1.82, 2.24) is 15.6 Å². The smallest absolute Gasteiger partial charge is 0.300 e. The van der Waals surface area contributed by atoms with Gasteiger partial charge in [0.25, 0.3) is 0 Å². The fourth-order valence-corrected chi connectivity index (χ4v) is 2.83. The Balaban J connectivity index is 1.95. The van der Waals surface area contributed by atoms with Crippen LogP contribution in [0.25, 0.3) is 0 Å². The number of amides is 1. The summed E-state index contributed by atoms with van der Waals surface area (Å²) in [5.41, 5.74) is 2.01. The van der Waals surface area contributed by atoms with Crippen LogP contribution < -0.4 is 11.3 Å². The maximum atomic E-state index is 11.1. The van der Waals surface area contributed by atoms with E-state index < -0.39 is 5.91 Å². The van der Waals surface area contributed by atoms with Crippen LogP contribution in [0.5, 0.6) is 0 Å². The summed E-state index contributed by atoms with van der Waals surface area (Å²) in [6.45, 7) is 1.90. The second-order valence-electron chi connectivity index (χ2n) is 3.12. The van der Waals surface area contributed by atoms with Crippen molar-refractivity contribution in [3.05, 3.63) is 28.7 Å². The predicted molar refractivity (Wildman–Crippen MR) is 64.6 cm³/mol. The van der Waals surface area contributed by atoms with Gasteiger partial charge in [-0.15, -0.1) is 10.2 Å². The Morgan fingerprint density at radius 2 is 2.41 bits per heavy atom. The van der Waals surface area contributed by atoms with Gasteiger partial charge in [-0.1, -0.05) is 23.1 Å². The van der Waals surface area contributed by atoms with Crippen molar-refractivity contribution in [3.8, 4) is 0 Å². The van der Waals surface area contributed by atoms with E-state index in [0.717, 1.165) is 9.35 Å². The van der Waals surface area contributed by atoms with E-state index in [9.17, 15) is 4.79 Å². The number of furan rings is 1. The van der Waals surface area contributed by atoms with Crippen LogP contribution >= 0.6 is 23.1 Å². The lowest BCUT2D eigenvalue weighted by Gasteiger charge is -1.94. The van der Waals surface area contributed by atoms with Crippen molar-refractivity contribution in [2.45, 2.75) is 17.0 Å². The first-order valence-corrected chi connectivity index (χ1v) is 6.52. The molecule has 0 saturated heterocycles. The van der Waals surface area contributed by atoms with Crippen molar-refractivity contribution in [3.63, 3.8) is 0 Å². The van der Waals surface area contributed by atoms with Gasteiger partial charge in [-0.25, -0.2) is 5.84 Å². The van der Waals surface area contributed by atoms with E-state index in [1.165, 1.54) is 23.1 Å². The van der Waals surface area contributed by atoms with Crippen LogP contribution in [0.15, 0.2) is 20.9 Å². The average Bonchev–Trinajstić information content (AvgIpc) is 2.94. The van der Waals surface area contributed by atoms with Crippen LogP contribution in [0.2, 0.25) is 0 Å². The number of nitrogens with zero attached hydrogens (tertiary/aromatic N) is 2. The Morgan fingerprint density at radius 3 is 3.06 bits per heavy atom. The molecule has 0 fully saturated rings. The standard InChI is InChI=1S/C9H10N4O2S2/c1-5-12-13-9(17-5)16-4-6-2-3-7(15-6)8(14)11-10/h2-3H,4,10H2,1H3,(H,11,14). The molecule has 0 unspecified atom stereocenters. The number of carbonyl (C=O) groups is 1. The van der Waals surface area contributed by atoms with E-state index in [-0.39, 0.29) is 5.76 Å². The lowest BCUT2D eigenvalue weighted by Crippen LogP contribution is -2.29. The minimum Gasteiger partial charge on any atom is -0.455 e. The third-order valence-electron chi connectivity index (χ3n) is 1.86. The highest BCUT2D eigenvalue weighted by molar-refractivity contribution is 8.00. The highest BCUT2D eigenvalue weighted by Gasteiger charge is 2.10. The number of nitrogens with one attached hydrogen (secondary N) is 1. The molecule has 0 aliphatic rings. The monoisotopic (exact) mass is 270 g/mol. The Morgan fingerprint density at radius 1 is 1.59 bits per heavy atom. The van der Waals surface area contributed by atoms with Crippen LogP contribution in [0.1, 0.15) is 21.3 Å². The van der Waals surface area contributed by atoms with Crippen LogP contribution in [0.4, 0.5) is 0 Å². The van der Waals surface area contributed by atoms with Gasteiger partial charge >= 0.3 is 5.91 Å². The van der Waals surface area contributed by atoms with Gasteiger partial charge in [0.05, 0.1) is 5.75 Å². The fourth-order valence-electron chi connectivity index (χ4n) is 1.12. The zero-order valence-electron chi connectivity index (χ0n) is 8.97. The molecule has 0 aromatic carbocycles. The van der Waals surface area contributed by atoms with Crippen LogP contribution in [-0.4, -0.2) is 16.1 Å². The van der Waals surface area contributed by atoms with E-state index in [0.29, 0.717) is 11.5 Å². The molecule has 0 radical (unpaired) electrons. The van der Waals surface area contributed by atoms with Crippen LogP contribution in [0, 0.1) is 6.92 Å². The molecule has 2 aromatic rings. The van der Waals surface area contributed by atoms with Crippen molar-refractivity contribution >= 4 is 29.0 Å². The first kappa shape index (κ1) is 12.1. The molecule has 2 aromatic heterocycles. The number of hydrazine groups is 1. The zero-order valence-corrected chi connectivity index (χ0v) is 10.6. The Bertz CT molecular complexity index is 523. The van der Waals surface area contributed by atoms with Gasteiger partial charge in [0.15, 0.2) is 10.1 Å². The maximum Gasteiger partial charge on any atom is 0.300 e. The summed E-state index contributed by atoms with van der Waals surface area (Å²) >= 11 is 3.04. The number of rotatable bonds is 4. The summed E-state index contributed by atoms with van der Waals surface area (Å²) in [5, 5.41) is 8.82. The van der Waals surface area contributed by atoms with Gasteiger partial charge in [0.2, 0.25) is 0 Å². The highest BCUT2D eigenvalue weighted by Crippen LogP contribution is 2.26. The van der Waals surface area contributed by atoms with E-state index in [1.807, 2.05) is 12.3 Å². The Labute approximate surface area is 106 Å². The van der Waals surface area contributed by atoms with Crippen LogP contribution in [0.3, 0.4) is 0 Å². The van der Waals surface area contributed by atoms with Crippen molar-refractivity contribution < 1.29 is 9.21 Å². The summed E-state index contributed by atoms with van der Waals surface area (Å²) in [5.74, 6) is 6.07. The molecule has 0 aliphatic carbocycles. The van der Waals surface area contributed by atoms with E-state index in [4.69, 9.17) is 10.3 Å². The molecule has 3 N–H and O–H groups in total. The molecule has 0 aliphatic heterocycles. The molecule has 17 heavy (non-hydrogen) atoms.